The first-order valence-corrected chi connectivity index (χ1v) is 9.87. The molecule has 28 heavy (non-hydrogen) atoms. The average molecular weight is 385 g/mol. The van der Waals surface area contributed by atoms with Gasteiger partial charge in [0, 0.05) is 18.7 Å². The SMILES string of the molecule is C=C(C)CC1CCN(c2c(F)cc(-c3cncc(OC4CCC4)n3)cc2F)C1. The summed E-state index contributed by atoms with van der Waals surface area (Å²) < 4.78 is 35.4. The molecule has 1 aliphatic heterocycles. The summed E-state index contributed by atoms with van der Waals surface area (Å²) in [7, 11) is 0. The Kier molecular flexibility index (Phi) is 5.29. The zero-order valence-electron chi connectivity index (χ0n) is 16.1. The highest BCUT2D eigenvalue weighted by molar-refractivity contribution is 5.64. The second-order valence-electron chi connectivity index (χ2n) is 7.96. The lowest BCUT2D eigenvalue weighted by Crippen LogP contribution is -2.25. The predicted molar refractivity (Wildman–Crippen MR) is 105 cm³/mol. The summed E-state index contributed by atoms with van der Waals surface area (Å²) in [5.41, 5.74) is 1.92. The van der Waals surface area contributed by atoms with Gasteiger partial charge in [0.25, 0.3) is 0 Å². The highest BCUT2D eigenvalue weighted by atomic mass is 19.1. The van der Waals surface area contributed by atoms with Gasteiger partial charge in [-0.2, -0.15) is 0 Å². The Labute approximate surface area is 164 Å². The van der Waals surface area contributed by atoms with Crippen molar-refractivity contribution in [1.29, 1.82) is 0 Å². The fraction of sp³-hybridized carbons (Fsp3) is 0.455. The van der Waals surface area contributed by atoms with Gasteiger partial charge in [-0.05, 0) is 57.1 Å². The van der Waals surface area contributed by atoms with Crippen LogP contribution in [0, 0.1) is 17.6 Å². The van der Waals surface area contributed by atoms with Crippen molar-refractivity contribution >= 4 is 5.69 Å². The zero-order valence-corrected chi connectivity index (χ0v) is 16.1. The lowest BCUT2D eigenvalue weighted by atomic mass is 9.96. The van der Waals surface area contributed by atoms with Gasteiger partial charge in [0.15, 0.2) is 0 Å². The molecule has 0 N–H and O–H groups in total. The van der Waals surface area contributed by atoms with Gasteiger partial charge in [-0.25, -0.2) is 13.8 Å². The fourth-order valence-corrected chi connectivity index (χ4v) is 3.91. The molecule has 4 rings (SSSR count). The summed E-state index contributed by atoms with van der Waals surface area (Å²) in [6.45, 7) is 7.22. The molecule has 1 aromatic carbocycles. The van der Waals surface area contributed by atoms with Gasteiger partial charge >= 0.3 is 0 Å². The van der Waals surface area contributed by atoms with Crippen LogP contribution in [-0.4, -0.2) is 29.2 Å². The molecule has 4 nitrogen and oxygen atoms in total. The van der Waals surface area contributed by atoms with Crippen LogP contribution in [-0.2, 0) is 0 Å². The highest BCUT2D eigenvalue weighted by Gasteiger charge is 2.27. The largest absolute Gasteiger partial charge is 0.473 e. The third kappa shape index (κ3) is 4.01. The Morgan fingerprint density at radius 2 is 1.96 bits per heavy atom. The molecule has 1 saturated carbocycles. The second kappa shape index (κ2) is 7.86. The van der Waals surface area contributed by atoms with E-state index in [1.807, 2.05) is 6.92 Å². The summed E-state index contributed by atoms with van der Waals surface area (Å²) in [6, 6.07) is 2.67. The highest BCUT2D eigenvalue weighted by Crippen LogP contribution is 2.34. The van der Waals surface area contributed by atoms with Crippen LogP contribution in [0.5, 0.6) is 5.88 Å². The van der Waals surface area contributed by atoms with E-state index in [-0.39, 0.29) is 11.8 Å². The van der Waals surface area contributed by atoms with E-state index in [1.165, 1.54) is 24.5 Å². The van der Waals surface area contributed by atoms with E-state index in [2.05, 4.69) is 16.5 Å². The quantitative estimate of drug-likeness (QED) is 0.645. The molecule has 0 amide bonds. The number of rotatable bonds is 6. The van der Waals surface area contributed by atoms with Crippen LogP contribution in [0.1, 0.15) is 39.0 Å². The number of halogens is 2. The number of hydrogen-bond donors (Lipinski definition) is 0. The van der Waals surface area contributed by atoms with Crippen LogP contribution in [0.2, 0.25) is 0 Å². The molecule has 2 heterocycles. The minimum absolute atomic E-state index is 0.0443. The molecule has 6 heteroatoms. The van der Waals surface area contributed by atoms with Crippen LogP contribution in [0.25, 0.3) is 11.3 Å². The maximum absolute atomic E-state index is 14.8. The van der Waals surface area contributed by atoms with E-state index in [0.29, 0.717) is 36.1 Å². The zero-order chi connectivity index (χ0) is 19.7. The smallest absolute Gasteiger partial charge is 0.233 e. The monoisotopic (exact) mass is 385 g/mol. The van der Waals surface area contributed by atoms with Gasteiger partial charge in [-0.3, -0.25) is 4.98 Å². The van der Waals surface area contributed by atoms with Crippen molar-refractivity contribution in [3.8, 4) is 17.1 Å². The van der Waals surface area contributed by atoms with Crippen molar-refractivity contribution in [2.75, 3.05) is 18.0 Å². The molecule has 0 bridgehead atoms. The topological polar surface area (TPSA) is 38.2 Å². The molecule has 1 saturated heterocycles. The number of benzene rings is 1. The number of ether oxygens (including phenoxy) is 1. The van der Waals surface area contributed by atoms with Crippen LogP contribution >= 0.6 is 0 Å². The van der Waals surface area contributed by atoms with E-state index >= 15 is 0 Å². The molecule has 148 valence electrons. The van der Waals surface area contributed by atoms with Crippen molar-refractivity contribution in [1.82, 2.24) is 9.97 Å². The van der Waals surface area contributed by atoms with Gasteiger partial charge in [0.2, 0.25) is 5.88 Å². The normalized spacial score (nSPS) is 19.5. The minimum atomic E-state index is -0.571. The summed E-state index contributed by atoms with van der Waals surface area (Å²) in [6.07, 6.45) is 8.18. The number of allylic oxidation sites excluding steroid dienone is 1. The molecule has 2 fully saturated rings. The second-order valence-corrected chi connectivity index (χ2v) is 7.96. The van der Waals surface area contributed by atoms with Gasteiger partial charge in [0.05, 0.1) is 18.1 Å². The molecule has 2 aromatic rings. The van der Waals surface area contributed by atoms with Crippen LogP contribution in [0.15, 0.2) is 36.7 Å². The molecular weight excluding hydrogens is 360 g/mol. The number of anilines is 1. The van der Waals surface area contributed by atoms with Crippen LogP contribution in [0.4, 0.5) is 14.5 Å². The van der Waals surface area contributed by atoms with Gasteiger partial charge < -0.3 is 9.64 Å². The predicted octanol–water partition coefficient (Wildman–Crippen LogP) is 5.15. The third-order valence-corrected chi connectivity index (χ3v) is 5.50. The molecule has 1 atom stereocenters. The third-order valence-electron chi connectivity index (χ3n) is 5.50. The Hall–Kier alpha value is -2.50. The number of hydrogen-bond acceptors (Lipinski definition) is 4. The first-order chi connectivity index (χ1) is 13.5. The molecule has 2 aliphatic rings. The van der Waals surface area contributed by atoms with E-state index in [1.54, 1.807) is 4.90 Å². The van der Waals surface area contributed by atoms with Gasteiger partial charge in [-0.1, -0.05) is 5.57 Å². The molecule has 1 unspecified atom stereocenters. The van der Waals surface area contributed by atoms with Gasteiger partial charge in [0.1, 0.15) is 23.4 Å². The Morgan fingerprint density at radius 3 is 2.61 bits per heavy atom. The van der Waals surface area contributed by atoms with Crippen LogP contribution < -0.4 is 9.64 Å². The fourth-order valence-electron chi connectivity index (χ4n) is 3.91. The van der Waals surface area contributed by atoms with E-state index < -0.39 is 11.6 Å². The number of nitrogens with zero attached hydrogens (tertiary/aromatic N) is 3. The van der Waals surface area contributed by atoms with Gasteiger partial charge in [-0.15, -0.1) is 6.58 Å². The summed E-state index contributed by atoms with van der Waals surface area (Å²) >= 11 is 0. The number of aromatic nitrogens is 2. The lowest BCUT2D eigenvalue weighted by Gasteiger charge is -2.25. The van der Waals surface area contributed by atoms with Crippen molar-refractivity contribution in [2.24, 2.45) is 5.92 Å². The standard InChI is InChI=1S/C22H25F2N3O/c1-14(2)8-15-6-7-27(13-15)22-18(23)9-16(10-19(22)24)20-11-25-12-21(26-20)28-17-4-3-5-17/h9-12,15,17H,1,3-8,13H2,2H3. The van der Waals surface area contributed by atoms with E-state index in [9.17, 15) is 8.78 Å². The first-order valence-electron chi connectivity index (χ1n) is 9.87. The molecule has 1 aliphatic carbocycles. The maximum atomic E-state index is 14.8. The molecular formula is C22H25F2N3O. The van der Waals surface area contributed by atoms with Crippen molar-refractivity contribution in [3.63, 3.8) is 0 Å². The summed E-state index contributed by atoms with van der Waals surface area (Å²) in [5.74, 6) is -0.354. The summed E-state index contributed by atoms with van der Waals surface area (Å²) in [4.78, 5) is 10.3. The van der Waals surface area contributed by atoms with Crippen LogP contribution in [0.3, 0.4) is 0 Å². The maximum Gasteiger partial charge on any atom is 0.233 e. The van der Waals surface area contributed by atoms with E-state index in [0.717, 1.165) is 37.7 Å². The Morgan fingerprint density at radius 1 is 1.21 bits per heavy atom. The van der Waals surface area contributed by atoms with Crippen molar-refractivity contribution in [3.05, 3.63) is 48.3 Å². The first kappa shape index (κ1) is 18.8. The summed E-state index contributed by atoms with van der Waals surface area (Å²) in [5, 5.41) is 0. The van der Waals surface area contributed by atoms with Crippen molar-refractivity contribution < 1.29 is 13.5 Å². The minimum Gasteiger partial charge on any atom is -0.473 e. The lowest BCUT2D eigenvalue weighted by molar-refractivity contribution is 0.114. The molecule has 0 spiro atoms. The Balaban J connectivity index is 1.54. The molecule has 0 radical (unpaired) electrons. The van der Waals surface area contributed by atoms with Crippen molar-refractivity contribution in [2.45, 2.75) is 45.1 Å². The average Bonchev–Trinajstić information content (AvgIpc) is 3.05. The van der Waals surface area contributed by atoms with E-state index in [4.69, 9.17) is 4.74 Å². The molecule has 1 aromatic heterocycles. The Bertz CT molecular complexity index is 859.